The van der Waals surface area contributed by atoms with E-state index in [0.717, 1.165) is 17.8 Å². The summed E-state index contributed by atoms with van der Waals surface area (Å²) < 4.78 is 5.09. The summed E-state index contributed by atoms with van der Waals surface area (Å²) in [5.74, 6) is -0.612. The van der Waals surface area contributed by atoms with Crippen molar-refractivity contribution < 1.29 is 19.6 Å². The monoisotopic (exact) mass is 300 g/mol. The summed E-state index contributed by atoms with van der Waals surface area (Å²) in [6, 6.07) is 8.14. The maximum absolute atomic E-state index is 11.2. The van der Waals surface area contributed by atoms with E-state index in [1.807, 2.05) is 6.07 Å². The van der Waals surface area contributed by atoms with E-state index in [9.17, 15) is 14.9 Å². The van der Waals surface area contributed by atoms with Crippen molar-refractivity contribution in [3.05, 3.63) is 63.5 Å². The molecule has 0 bridgehead atoms. The van der Waals surface area contributed by atoms with Crippen molar-refractivity contribution >= 4 is 23.8 Å². The molecule has 0 aliphatic heterocycles. The molecule has 0 atom stereocenters. The van der Waals surface area contributed by atoms with Crippen LogP contribution in [-0.4, -0.2) is 28.1 Å². The summed E-state index contributed by atoms with van der Waals surface area (Å²) in [7, 11) is 1.54. The first-order valence-corrected chi connectivity index (χ1v) is 6.21. The third-order valence-electron chi connectivity index (χ3n) is 2.87. The van der Waals surface area contributed by atoms with Gasteiger partial charge in [0.05, 0.1) is 23.3 Å². The van der Waals surface area contributed by atoms with Gasteiger partial charge < -0.3 is 9.84 Å². The second-order valence-corrected chi connectivity index (χ2v) is 4.30. The summed E-state index contributed by atoms with van der Waals surface area (Å²) in [4.78, 5) is 25.0. The number of ether oxygens (including phenoxy) is 1. The molecule has 1 N–H and O–H groups in total. The van der Waals surface area contributed by atoms with Gasteiger partial charge in [-0.15, -0.1) is 0 Å². The van der Waals surface area contributed by atoms with Crippen LogP contribution in [0.25, 0.3) is 12.2 Å². The largest absolute Gasteiger partial charge is 0.497 e. The predicted molar refractivity (Wildman–Crippen MR) is 79.8 cm³/mol. The van der Waals surface area contributed by atoms with Crippen molar-refractivity contribution in [1.29, 1.82) is 0 Å². The van der Waals surface area contributed by atoms with Crippen LogP contribution in [0.2, 0.25) is 0 Å². The first-order chi connectivity index (χ1) is 10.5. The van der Waals surface area contributed by atoms with Gasteiger partial charge in [-0.2, -0.15) is 0 Å². The van der Waals surface area contributed by atoms with Crippen LogP contribution in [0.4, 0.5) is 5.69 Å². The van der Waals surface area contributed by atoms with Crippen LogP contribution < -0.4 is 4.74 Å². The predicted octanol–water partition coefficient (Wildman–Crippen LogP) is 2.87. The highest BCUT2D eigenvalue weighted by molar-refractivity contribution is 5.93. The molecule has 0 aliphatic carbocycles. The molecular formula is C15H12N2O5. The Labute approximate surface area is 125 Å². The molecule has 2 rings (SSSR count). The standard InChI is InChI=1S/C15H12N2O5/c1-22-12-4-2-3-10(7-12)5-6-14-13(15(18)19)8-11(9-16-14)17(20)21/h2-9H,1H3,(H,18,19)/b6-5+. The molecule has 0 saturated heterocycles. The number of aromatic carboxylic acids is 1. The van der Waals surface area contributed by atoms with Crippen molar-refractivity contribution in [2.45, 2.75) is 0 Å². The zero-order valence-corrected chi connectivity index (χ0v) is 11.6. The number of nitro groups is 1. The number of carboxylic acid groups (broad SMARTS) is 1. The molecular weight excluding hydrogens is 288 g/mol. The molecule has 1 aromatic carbocycles. The SMILES string of the molecule is COc1cccc(/C=C/c2ncc([N+](=O)[O-])cc2C(=O)O)c1. The number of hydrogen-bond acceptors (Lipinski definition) is 5. The average Bonchev–Trinajstić information content (AvgIpc) is 2.52. The third kappa shape index (κ3) is 3.45. The maximum atomic E-state index is 11.2. The quantitative estimate of drug-likeness (QED) is 0.672. The lowest BCUT2D eigenvalue weighted by Gasteiger charge is -2.02. The topological polar surface area (TPSA) is 103 Å². The number of nitrogens with zero attached hydrogens (tertiary/aromatic N) is 2. The Morgan fingerprint density at radius 1 is 1.36 bits per heavy atom. The van der Waals surface area contributed by atoms with Gasteiger partial charge in [0.25, 0.3) is 5.69 Å². The minimum atomic E-state index is -1.28. The van der Waals surface area contributed by atoms with Gasteiger partial charge in [-0.3, -0.25) is 10.1 Å². The molecule has 7 heteroatoms. The van der Waals surface area contributed by atoms with Crippen molar-refractivity contribution in [3.63, 3.8) is 0 Å². The number of aromatic nitrogens is 1. The van der Waals surface area contributed by atoms with Gasteiger partial charge in [0.2, 0.25) is 0 Å². The minimum Gasteiger partial charge on any atom is -0.497 e. The molecule has 1 heterocycles. The highest BCUT2D eigenvalue weighted by Gasteiger charge is 2.15. The van der Waals surface area contributed by atoms with Gasteiger partial charge in [0.1, 0.15) is 11.9 Å². The van der Waals surface area contributed by atoms with E-state index < -0.39 is 10.9 Å². The molecule has 0 spiro atoms. The highest BCUT2D eigenvalue weighted by atomic mass is 16.6. The first-order valence-electron chi connectivity index (χ1n) is 6.21. The molecule has 0 aliphatic rings. The molecule has 1 aromatic heterocycles. The average molecular weight is 300 g/mol. The molecule has 2 aromatic rings. The zero-order valence-electron chi connectivity index (χ0n) is 11.6. The fourth-order valence-electron chi connectivity index (χ4n) is 1.79. The van der Waals surface area contributed by atoms with Crippen molar-refractivity contribution in [3.8, 4) is 5.75 Å². The van der Waals surface area contributed by atoms with E-state index >= 15 is 0 Å². The Kier molecular flexibility index (Phi) is 4.47. The van der Waals surface area contributed by atoms with Crippen LogP contribution in [0.1, 0.15) is 21.6 Å². The second kappa shape index (κ2) is 6.49. The molecule has 22 heavy (non-hydrogen) atoms. The second-order valence-electron chi connectivity index (χ2n) is 4.30. The normalized spacial score (nSPS) is 10.6. The first kappa shape index (κ1) is 15.2. The fraction of sp³-hybridized carbons (Fsp3) is 0.0667. The minimum absolute atomic E-state index is 0.140. The Morgan fingerprint density at radius 2 is 2.14 bits per heavy atom. The number of carbonyl (C=O) groups is 1. The Hall–Kier alpha value is -3.22. The Bertz CT molecular complexity index is 755. The number of benzene rings is 1. The van der Waals surface area contributed by atoms with Gasteiger partial charge in [0, 0.05) is 6.07 Å². The van der Waals surface area contributed by atoms with Gasteiger partial charge in [-0.25, -0.2) is 9.78 Å². The van der Waals surface area contributed by atoms with Crippen LogP contribution in [0.5, 0.6) is 5.75 Å². The smallest absolute Gasteiger partial charge is 0.338 e. The zero-order chi connectivity index (χ0) is 16.1. The maximum Gasteiger partial charge on any atom is 0.338 e. The van der Waals surface area contributed by atoms with E-state index in [2.05, 4.69) is 4.98 Å². The van der Waals surface area contributed by atoms with Gasteiger partial charge in [-0.1, -0.05) is 18.2 Å². The van der Waals surface area contributed by atoms with Crippen molar-refractivity contribution in [2.75, 3.05) is 7.11 Å². The lowest BCUT2D eigenvalue weighted by atomic mass is 10.1. The summed E-state index contributed by atoms with van der Waals surface area (Å²) in [5.41, 5.74) is 0.334. The lowest BCUT2D eigenvalue weighted by molar-refractivity contribution is -0.385. The van der Waals surface area contributed by atoms with Crippen LogP contribution in [-0.2, 0) is 0 Å². The van der Waals surface area contributed by atoms with Crippen molar-refractivity contribution in [1.82, 2.24) is 4.98 Å². The Morgan fingerprint density at radius 3 is 2.77 bits per heavy atom. The lowest BCUT2D eigenvalue weighted by Crippen LogP contribution is -2.03. The van der Waals surface area contributed by atoms with E-state index in [0.29, 0.717) is 5.75 Å². The number of pyridine rings is 1. The van der Waals surface area contributed by atoms with Crippen LogP contribution in [0.3, 0.4) is 0 Å². The fourth-order valence-corrected chi connectivity index (χ4v) is 1.79. The Balaban J connectivity index is 2.37. The molecule has 0 radical (unpaired) electrons. The molecule has 0 fully saturated rings. The molecule has 7 nitrogen and oxygen atoms in total. The van der Waals surface area contributed by atoms with E-state index in [1.54, 1.807) is 31.4 Å². The summed E-state index contributed by atoms with van der Waals surface area (Å²) in [6.45, 7) is 0. The number of carboxylic acids is 1. The summed E-state index contributed by atoms with van der Waals surface area (Å²) in [5, 5.41) is 19.8. The third-order valence-corrected chi connectivity index (χ3v) is 2.87. The van der Waals surface area contributed by atoms with E-state index in [-0.39, 0.29) is 16.9 Å². The molecule has 112 valence electrons. The number of hydrogen-bond donors (Lipinski definition) is 1. The van der Waals surface area contributed by atoms with Gasteiger partial charge in [0.15, 0.2) is 0 Å². The van der Waals surface area contributed by atoms with Gasteiger partial charge in [-0.05, 0) is 23.8 Å². The van der Waals surface area contributed by atoms with Gasteiger partial charge >= 0.3 is 5.97 Å². The molecule has 0 saturated carbocycles. The number of rotatable bonds is 5. The molecule has 0 amide bonds. The summed E-state index contributed by atoms with van der Waals surface area (Å²) in [6.07, 6.45) is 4.17. The van der Waals surface area contributed by atoms with E-state index in [4.69, 9.17) is 9.84 Å². The van der Waals surface area contributed by atoms with Crippen LogP contribution in [0, 0.1) is 10.1 Å². The number of methoxy groups -OCH3 is 1. The van der Waals surface area contributed by atoms with Crippen molar-refractivity contribution in [2.24, 2.45) is 0 Å². The summed E-state index contributed by atoms with van der Waals surface area (Å²) >= 11 is 0. The molecule has 0 unspecified atom stereocenters. The van der Waals surface area contributed by atoms with Crippen LogP contribution in [0.15, 0.2) is 36.5 Å². The van der Waals surface area contributed by atoms with Crippen LogP contribution >= 0.6 is 0 Å². The highest BCUT2D eigenvalue weighted by Crippen LogP contribution is 2.19. The van der Waals surface area contributed by atoms with E-state index in [1.165, 1.54) is 6.08 Å².